The van der Waals surface area contributed by atoms with Gasteiger partial charge in [-0.2, -0.15) is 0 Å². The van der Waals surface area contributed by atoms with Crippen molar-refractivity contribution in [2.45, 2.75) is 52.4 Å². The van der Waals surface area contributed by atoms with E-state index in [0.29, 0.717) is 0 Å². The summed E-state index contributed by atoms with van der Waals surface area (Å²) in [7, 11) is 0. The third kappa shape index (κ3) is 13.9. The molecule has 233 valence electrons. The molecule has 4 nitrogen and oxygen atoms in total. The Morgan fingerprint density at radius 3 is 1.02 bits per heavy atom. The van der Waals surface area contributed by atoms with Gasteiger partial charge in [0, 0.05) is 57.3 Å². The Morgan fingerprint density at radius 2 is 0.778 bits per heavy atom. The van der Waals surface area contributed by atoms with E-state index in [1.54, 1.807) is 12.4 Å². The van der Waals surface area contributed by atoms with Crippen LogP contribution in [0.2, 0.25) is 0 Å². The second-order valence-electron chi connectivity index (χ2n) is 12.0. The van der Waals surface area contributed by atoms with Crippen molar-refractivity contribution in [3.63, 3.8) is 0 Å². The summed E-state index contributed by atoms with van der Waals surface area (Å²) in [6.07, 6.45) is 10.9. The van der Waals surface area contributed by atoms with Crippen LogP contribution in [0.15, 0.2) is 146 Å². The molecule has 0 atom stereocenters. The second-order valence-corrected chi connectivity index (χ2v) is 12.0. The normalized spacial score (nSPS) is 10.3. The first-order chi connectivity index (χ1) is 21.1. The molecule has 2 aromatic carbocycles. The molecule has 6 rings (SSSR count). The van der Waals surface area contributed by atoms with E-state index in [1.165, 1.54) is 11.1 Å². The zero-order chi connectivity index (χ0) is 31.7. The molecule has 0 aliphatic carbocycles. The molecular formula is C40H42IrN4-2. The molecule has 6 aromatic rings. The number of rotatable bonds is 2. The van der Waals surface area contributed by atoms with Gasteiger partial charge in [-0.25, -0.2) is 0 Å². The summed E-state index contributed by atoms with van der Waals surface area (Å²) in [6.45, 7) is 13.2. The number of pyridine rings is 4. The largest absolute Gasteiger partial charge is 0.305 e. The van der Waals surface area contributed by atoms with Gasteiger partial charge >= 0.3 is 0 Å². The van der Waals surface area contributed by atoms with Crippen LogP contribution >= 0.6 is 0 Å². The number of hydrogen-bond donors (Lipinski definition) is 0. The van der Waals surface area contributed by atoms with Crippen LogP contribution < -0.4 is 0 Å². The first-order valence-electron chi connectivity index (χ1n) is 14.7. The van der Waals surface area contributed by atoms with Crippen LogP contribution in [0.3, 0.4) is 0 Å². The van der Waals surface area contributed by atoms with Crippen molar-refractivity contribution >= 4 is 0 Å². The maximum absolute atomic E-state index is 4.22. The van der Waals surface area contributed by atoms with Crippen molar-refractivity contribution in [1.29, 1.82) is 0 Å². The summed E-state index contributed by atoms with van der Waals surface area (Å²) in [5.74, 6) is 0. The smallest absolute Gasteiger partial charge is 0.0270 e. The molecule has 4 heterocycles. The van der Waals surface area contributed by atoms with Crippen molar-refractivity contribution in [1.82, 2.24) is 19.9 Å². The van der Waals surface area contributed by atoms with Gasteiger partial charge < -0.3 is 9.97 Å². The van der Waals surface area contributed by atoms with Gasteiger partial charge in [0.15, 0.2) is 0 Å². The fourth-order valence-corrected chi connectivity index (χ4v) is 3.85. The van der Waals surface area contributed by atoms with E-state index in [0.717, 1.165) is 22.5 Å². The van der Waals surface area contributed by atoms with E-state index in [2.05, 4.69) is 97.9 Å². The van der Waals surface area contributed by atoms with E-state index in [-0.39, 0.29) is 30.9 Å². The fraction of sp³-hybridized carbons (Fsp3) is 0.200. The van der Waals surface area contributed by atoms with Gasteiger partial charge in [-0.15, -0.1) is 71.8 Å². The molecule has 0 saturated carbocycles. The first kappa shape index (κ1) is 36.9. The Balaban J connectivity index is 0.000000208. The number of hydrogen-bond acceptors (Lipinski definition) is 4. The quantitative estimate of drug-likeness (QED) is 0.165. The topological polar surface area (TPSA) is 51.6 Å². The van der Waals surface area contributed by atoms with Crippen molar-refractivity contribution in [2.24, 2.45) is 0 Å². The van der Waals surface area contributed by atoms with E-state index in [4.69, 9.17) is 0 Å². The molecule has 0 fully saturated rings. The molecule has 0 aliphatic rings. The molecule has 0 bridgehead atoms. The maximum Gasteiger partial charge on any atom is 0.0270 e. The SMILES string of the molecule is CC(C)(C)c1ccncc1.CC(C)(C)c1ccncc1.[Ir].[c-]1ccccc1-c1ccccn1.[c-]1ccccc1-c1ccccn1. The third-order valence-electron chi connectivity index (χ3n) is 6.39. The minimum Gasteiger partial charge on any atom is -0.305 e. The average Bonchev–Trinajstić information content (AvgIpc) is 3.07. The molecule has 0 saturated heterocycles. The van der Waals surface area contributed by atoms with Crippen molar-refractivity contribution in [3.05, 3.63) is 170 Å². The van der Waals surface area contributed by atoms with Crippen molar-refractivity contribution in [3.8, 4) is 22.5 Å². The zero-order valence-corrected chi connectivity index (χ0v) is 29.4. The van der Waals surface area contributed by atoms with Crippen LogP contribution in [0.4, 0.5) is 0 Å². The Labute approximate surface area is 283 Å². The molecule has 1 radical (unpaired) electrons. The summed E-state index contributed by atoms with van der Waals surface area (Å²) < 4.78 is 0. The van der Waals surface area contributed by atoms with Crippen LogP contribution in [-0.2, 0) is 30.9 Å². The monoisotopic (exact) mass is 771 g/mol. The maximum atomic E-state index is 4.22. The second kappa shape index (κ2) is 19.2. The van der Waals surface area contributed by atoms with Crippen LogP contribution in [-0.4, -0.2) is 19.9 Å². The first-order valence-corrected chi connectivity index (χ1v) is 14.7. The predicted octanol–water partition coefficient (Wildman–Crippen LogP) is 9.85. The van der Waals surface area contributed by atoms with Crippen LogP contribution in [0, 0.1) is 12.1 Å². The van der Waals surface area contributed by atoms with Crippen LogP contribution in [0.25, 0.3) is 22.5 Å². The number of aromatic nitrogens is 4. The Kier molecular flexibility index (Phi) is 15.7. The van der Waals surface area contributed by atoms with E-state index >= 15 is 0 Å². The molecule has 0 spiro atoms. The van der Waals surface area contributed by atoms with Gasteiger partial charge in [-0.1, -0.05) is 65.8 Å². The molecule has 5 heteroatoms. The summed E-state index contributed by atoms with van der Waals surface area (Å²) in [6, 6.07) is 41.9. The molecule has 45 heavy (non-hydrogen) atoms. The minimum absolute atomic E-state index is 0. The van der Waals surface area contributed by atoms with Crippen LogP contribution in [0.1, 0.15) is 52.7 Å². The molecule has 0 amide bonds. The molecule has 0 aliphatic heterocycles. The van der Waals surface area contributed by atoms with Gasteiger partial charge in [0.05, 0.1) is 0 Å². The molecule has 4 aromatic heterocycles. The minimum atomic E-state index is 0. The Bertz CT molecular complexity index is 1370. The molecular weight excluding hydrogens is 729 g/mol. The average molecular weight is 771 g/mol. The van der Waals surface area contributed by atoms with Gasteiger partial charge in [-0.3, -0.25) is 9.97 Å². The summed E-state index contributed by atoms with van der Waals surface area (Å²) in [5.41, 5.74) is 7.20. The Morgan fingerprint density at radius 1 is 0.422 bits per heavy atom. The van der Waals surface area contributed by atoms with Gasteiger partial charge in [0.25, 0.3) is 0 Å². The van der Waals surface area contributed by atoms with E-state index in [9.17, 15) is 0 Å². The van der Waals surface area contributed by atoms with Gasteiger partial charge in [0.1, 0.15) is 0 Å². The zero-order valence-electron chi connectivity index (χ0n) is 27.0. The van der Waals surface area contributed by atoms with Crippen molar-refractivity contribution < 1.29 is 20.1 Å². The summed E-state index contributed by atoms with van der Waals surface area (Å²) >= 11 is 0. The third-order valence-corrected chi connectivity index (χ3v) is 6.39. The van der Waals surface area contributed by atoms with Crippen molar-refractivity contribution in [2.75, 3.05) is 0 Å². The number of nitrogens with zero attached hydrogens (tertiary/aromatic N) is 4. The van der Waals surface area contributed by atoms with Gasteiger partial charge in [-0.05, 0) is 69.7 Å². The molecule has 0 N–H and O–H groups in total. The summed E-state index contributed by atoms with van der Waals surface area (Å²) in [4.78, 5) is 16.4. The fourth-order valence-electron chi connectivity index (χ4n) is 3.85. The Hall–Kier alpha value is -4.31. The molecule has 0 unspecified atom stereocenters. The predicted molar refractivity (Wildman–Crippen MR) is 183 cm³/mol. The van der Waals surface area contributed by atoms with E-state index in [1.807, 2.05) is 110 Å². The standard InChI is InChI=1S/2C11H8N.2C9H13N.Ir/c2*1-2-6-10(7-3-1)11-8-4-5-9-12-11;2*1-9(2,3)8-4-6-10-7-5-8;/h2*1-6,8-9H;2*4-7H,1-3H3;/q2*-1;;;. The number of benzene rings is 2. The van der Waals surface area contributed by atoms with E-state index < -0.39 is 0 Å². The van der Waals surface area contributed by atoms with Crippen LogP contribution in [0.5, 0.6) is 0 Å². The summed E-state index contributed by atoms with van der Waals surface area (Å²) in [5, 5.41) is 0. The van der Waals surface area contributed by atoms with Gasteiger partial charge in [0.2, 0.25) is 0 Å².